The first-order valence-electron chi connectivity index (χ1n) is 9.70. The third-order valence-electron chi connectivity index (χ3n) is 5.01. The molecule has 144 valence electrons. The van der Waals surface area contributed by atoms with E-state index in [0.29, 0.717) is 44.4 Å². The largest absolute Gasteiger partial charge is 0.450 e. The summed E-state index contributed by atoms with van der Waals surface area (Å²) in [5.74, 6) is 0.675. The number of ether oxygens (including phenoxy) is 1. The Balaban J connectivity index is 2.08. The number of carbonyl (C=O) groups is 2. The van der Waals surface area contributed by atoms with Gasteiger partial charge in [-0.05, 0) is 42.7 Å². The number of hydrogen-bond donors (Lipinski definition) is 1. The minimum atomic E-state index is -0.279. The molecule has 1 aromatic carbocycles. The van der Waals surface area contributed by atoms with Gasteiger partial charge in [-0.3, -0.25) is 4.79 Å². The zero-order valence-corrected chi connectivity index (χ0v) is 16.7. The summed E-state index contributed by atoms with van der Waals surface area (Å²) in [6.07, 6.45) is 1.07. The Hall–Kier alpha value is -2.04. The number of anilines is 1. The van der Waals surface area contributed by atoms with Gasteiger partial charge in [0.2, 0.25) is 5.91 Å². The van der Waals surface area contributed by atoms with Crippen molar-refractivity contribution in [2.45, 2.75) is 59.3 Å². The molecule has 0 atom stereocenters. The van der Waals surface area contributed by atoms with E-state index in [0.717, 1.165) is 5.69 Å². The third-order valence-corrected chi connectivity index (χ3v) is 5.01. The predicted octanol–water partition coefficient (Wildman–Crippen LogP) is 4.74. The Morgan fingerprint density at radius 2 is 1.65 bits per heavy atom. The van der Waals surface area contributed by atoms with Gasteiger partial charge < -0.3 is 15.0 Å². The van der Waals surface area contributed by atoms with E-state index in [1.165, 1.54) is 11.1 Å². The Labute approximate surface area is 157 Å². The second-order valence-corrected chi connectivity index (χ2v) is 7.57. The summed E-state index contributed by atoms with van der Waals surface area (Å²) < 4.78 is 5.04. The standard InChI is InChI=1S/C21H32N2O3/c1-6-26-21(25)23-12-10-16(11-13-23)20(24)22-19-17(14(2)3)8-7-9-18(19)15(4)5/h7-9,14-16H,6,10-13H2,1-5H3,(H,22,24). The van der Waals surface area contributed by atoms with Crippen LogP contribution >= 0.6 is 0 Å². The van der Waals surface area contributed by atoms with Gasteiger partial charge in [0.1, 0.15) is 0 Å². The van der Waals surface area contributed by atoms with Crippen molar-refractivity contribution in [2.24, 2.45) is 5.92 Å². The SMILES string of the molecule is CCOC(=O)N1CCC(C(=O)Nc2c(C(C)C)cccc2C(C)C)CC1. The van der Waals surface area contributed by atoms with E-state index < -0.39 is 0 Å². The van der Waals surface area contributed by atoms with Crippen molar-refractivity contribution in [2.75, 3.05) is 25.0 Å². The van der Waals surface area contributed by atoms with Crippen LogP contribution in [0.1, 0.15) is 70.4 Å². The van der Waals surface area contributed by atoms with E-state index in [2.05, 4.69) is 51.2 Å². The number of likely N-dealkylation sites (tertiary alicyclic amines) is 1. The van der Waals surface area contributed by atoms with Crippen molar-refractivity contribution in [3.63, 3.8) is 0 Å². The van der Waals surface area contributed by atoms with Crippen molar-refractivity contribution in [1.29, 1.82) is 0 Å². The molecule has 5 nitrogen and oxygen atoms in total. The van der Waals surface area contributed by atoms with Gasteiger partial charge in [-0.1, -0.05) is 45.9 Å². The van der Waals surface area contributed by atoms with Crippen LogP contribution < -0.4 is 5.32 Å². The lowest BCUT2D eigenvalue weighted by molar-refractivity contribution is -0.121. The molecule has 0 saturated carbocycles. The molecule has 1 aliphatic rings. The number of nitrogens with zero attached hydrogens (tertiary/aromatic N) is 1. The van der Waals surface area contributed by atoms with E-state index in [4.69, 9.17) is 4.74 Å². The average molecular weight is 360 g/mol. The number of benzene rings is 1. The normalized spacial score (nSPS) is 15.4. The highest BCUT2D eigenvalue weighted by molar-refractivity contribution is 5.94. The van der Waals surface area contributed by atoms with Gasteiger partial charge in [-0.15, -0.1) is 0 Å². The van der Waals surface area contributed by atoms with Gasteiger partial charge in [0.05, 0.1) is 6.61 Å². The predicted molar refractivity (Wildman–Crippen MR) is 105 cm³/mol. The van der Waals surface area contributed by atoms with Gasteiger partial charge in [0.15, 0.2) is 0 Å². The smallest absolute Gasteiger partial charge is 0.409 e. The lowest BCUT2D eigenvalue weighted by Gasteiger charge is -2.31. The second kappa shape index (κ2) is 9.06. The molecule has 0 unspecified atom stereocenters. The highest BCUT2D eigenvalue weighted by Gasteiger charge is 2.29. The van der Waals surface area contributed by atoms with Crippen molar-refractivity contribution >= 4 is 17.7 Å². The molecule has 1 heterocycles. The molecular formula is C21H32N2O3. The molecule has 0 bridgehead atoms. The van der Waals surface area contributed by atoms with Gasteiger partial charge in [-0.25, -0.2) is 4.79 Å². The van der Waals surface area contributed by atoms with E-state index in [9.17, 15) is 9.59 Å². The topological polar surface area (TPSA) is 58.6 Å². The molecule has 1 N–H and O–H groups in total. The lowest BCUT2D eigenvalue weighted by Crippen LogP contribution is -2.41. The van der Waals surface area contributed by atoms with Crippen LogP contribution in [0.4, 0.5) is 10.5 Å². The minimum absolute atomic E-state index is 0.0588. The van der Waals surface area contributed by atoms with E-state index >= 15 is 0 Å². The molecule has 1 aromatic rings. The molecule has 1 saturated heterocycles. The molecule has 0 radical (unpaired) electrons. The van der Waals surface area contributed by atoms with Gasteiger partial charge >= 0.3 is 6.09 Å². The first-order valence-corrected chi connectivity index (χ1v) is 9.70. The van der Waals surface area contributed by atoms with E-state index in [1.807, 2.05) is 0 Å². The van der Waals surface area contributed by atoms with Crippen LogP contribution in [0.15, 0.2) is 18.2 Å². The Kier molecular flexibility index (Phi) is 7.06. The van der Waals surface area contributed by atoms with Crippen molar-refractivity contribution in [3.05, 3.63) is 29.3 Å². The minimum Gasteiger partial charge on any atom is -0.450 e. The molecule has 0 aliphatic carbocycles. The number of piperidine rings is 1. The maximum Gasteiger partial charge on any atom is 0.409 e. The first-order chi connectivity index (χ1) is 12.3. The van der Waals surface area contributed by atoms with Crippen LogP contribution in [0.25, 0.3) is 0 Å². The second-order valence-electron chi connectivity index (χ2n) is 7.57. The highest BCUT2D eigenvalue weighted by atomic mass is 16.6. The summed E-state index contributed by atoms with van der Waals surface area (Å²) in [7, 11) is 0. The summed E-state index contributed by atoms with van der Waals surface area (Å²) >= 11 is 0. The maximum absolute atomic E-state index is 12.9. The summed E-state index contributed by atoms with van der Waals surface area (Å²) in [5, 5.41) is 3.21. The van der Waals surface area contributed by atoms with E-state index in [-0.39, 0.29) is 17.9 Å². The summed E-state index contributed by atoms with van der Waals surface area (Å²) in [5.41, 5.74) is 3.32. The summed E-state index contributed by atoms with van der Waals surface area (Å²) in [4.78, 5) is 26.4. The number of nitrogens with one attached hydrogen (secondary N) is 1. The Bertz CT molecular complexity index is 606. The average Bonchev–Trinajstić information content (AvgIpc) is 2.61. The molecule has 0 spiro atoms. The quantitative estimate of drug-likeness (QED) is 0.825. The van der Waals surface area contributed by atoms with Crippen LogP contribution in [0.3, 0.4) is 0 Å². The number of amides is 2. The molecule has 0 aromatic heterocycles. The van der Waals surface area contributed by atoms with Gasteiger partial charge in [0.25, 0.3) is 0 Å². The molecule has 2 rings (SSSR count). The lowest BCUT2D eigenvalue weighted by atomic mass is 9.91. The fraction of sp³-hybridized carbons (Fsp3) is 0.619. The summed E-state index contributed by atoms with van der Waals surface area (Å²) in [6.45, 7) is 11.9. The van der Waals surface area contributed by atoms with Crippen molar-refractivity contribution in [3.8, 4) is 0 Å². The first kappa shape index (κ1) is 20.3. The highest BCUT2D eigenvalue weighted by Crippen LogP contribution is 2.33. The number of carbonyl (C=O) groups excluding carboxylic acids is 2. The zero-order valence-electron chi connectivity index (χ0n) is 16.7. The monoisotopic (exact) mass is 360 g/mol. The zero-order chi connectivity index (χ0) is 19.3. The van der Waals surface area contributed by atoms with Gasteiger partial charge in [0, 0.05) is 24.7 Å². The fourth-order valence-electron chi connectivity index (χ4n) is 3.46. The van der Waals surface area contributed by atoms with Crippen LogP contribution in [0.5, 0.6) is 0 Å². The molecule has 5 heteroatoms. The Morgan fingerprint density at radius 3 is 2.12 bits per heavy atom. The molecule has 1 aliphatic heterocycles. The molecule has 26 heavy (non-hydrogen) atoms. The number of para-hydroxylation sites is 1. The maximum atomic E-state index is 12.9. The third kappa shape index (κ3) is 4.77. The van der Waals surface area contributed by atoms with Crippen LogP contribution in [0.2, 0.25) is 0 Å². The molecule has 1 fully saturated rings. The summed E-state index contributed by atoms with van der Waals surface area (Å²) in [6, 6.07) is 6.25. The number of rotatable bonds is 5. The van der Waals surface area contributed by atoms with Gasteiger partial charge in [-0.2, -0.15) is 0 Å². The molecule has 2 amide bonds. The van der Waals surface area contributed by atoms with Crippen LogP contribution in [0, 0.1) is 5.92 Å². The Morgan fingerprint density at radius 1 is 1.12 bits per heavy atom. The fourth-order valence-corrected chi connectivity index (χ4v) is 3.46. The van der Waals surface area contributed by atoms with E-state index in [1.54, 1.807) is 11.8 Å². The number of hydrogen-bond acceptors (Lipinski definition) is 3. The van der Waals surface area contributed by atoms with Crippen LogP contribution in [-0.2, 0) is 9.53 Å². The molecular weight excluding hydrogens is 328 g/mol. The van der Waals surface area contributed by atoms with Crippen molar-refractivity contribution in [1.82, 2.24) is 4.90 Å². The van der Waals surface area contributed by atoms with Crippen LogP contribution in [-0.4, -0.2) is 36.6 Å². The van der Waals surface area contributed by atoms with Crippen molar-refractivity contribution < 1.29 is 14.3 Å².